The molecule has 1 aromatic rings. The number of hydrogen-bond donors (Lipinski definition) is 1. The summed E-state index contributed by atoms with van der Waals surface area (Å²) in [5.41, 5.74) is 0.729. The quantitative estimate of drug-likeness (QED) is 0.812. The van der Waals surface area contributed by atoms with Crippen LogP contribution in [-0.2, 0) is 0 Å². The van der Waals surface area contributed by atoms with Crippen LogP contribution in [0.5, 0.6) is 5.75 Å². The maximum absolute atomic E-state index is 11.6. The van der Waals surface area contributed by atoms with Gasteiger partial charge in [-0.1, -0.05) is 0 Å². The number of nitrogens with one attached hydrogen (secondary N) is 1. The van der Waals surface area contributed by atoms with Crippen LogP contribution in [0.2, 0.25) is 0 Å². The van der Waals surface area contributed by atoms with Gasteiger partial charge >= 0.3 is 0 Å². The summed E-state index contributed by atoms with van der Waals surface area (Å²) in [5, 5.41) is 2.86. The van der Waals surface area contributed by atoms with E-state index in [0.29, 0.717) is 12.6 Å². The van der Waals surface area contributed by atoms with Crippen LogP contribution in [0.3, 0.4) is 0 Å². The van der Waals surface area contributed by atoms with Gasteiger partial charge in [-0.25, -0.2) is 0 Å². The van der Waals surface area contributed by atoms with Crippen molar-refractivity contribution in [2.45, 2.75) is 12.5 Å². The number of carbonyl (C=O) groups is 1. The lowest BCUT2D eigenvalue weighted by atomic mass is 10.1. The first-order valence-electron chi connectivity index (χ1n) is 5.82. The molecule has 1 heterocycles. The van der Waals surface area contributed by atoms with Gasteiger partial charge in [-0.3, -0.25) is 4.79 Å². The molecule has 17 heavy (non-hydrogen) atoms. The number of likely N-dealkylation sites (N-methyl/N-ethyl adjacent to an activating group) is 1. The summed E-state index contributed by atoms with van der Waals surface area (Å²) in [5.74, 6) is 3.22. The largest absolute Gasteiger partial charge is 0.490 e. The number of ketones is 1. The number of Topliss-reactive ketones (excluding diaryl/α,β-unsaturated/α-hetero) is 1. The summed E-state index contributed by atoms with van der Waals surface area (Å²) < 4.78 is 5.82. The van der Waals surface area contributed by atoms with E-state index in [1.54, 1.807) is 7.05 Å². The fourth-order valence-electron chi connectivity index (χ4n) is 1.78. The normalized spacial score (nSPS) is 19.2. The molecule has 1 aliphatic rings. The lowest BCUT2D eigenvalue weighted by molar-refractivity contribution is 0.0993. The Kier molecular flexibility index (Phi) is 4.45. The SMILES string of the molecule is CNCC(=O)c1ccc(OC2CCSC2)cc1. The van der Waals surface area contributed by atoms with Crippen molar-refractivity contribution < 1.29 is 9.53 Å². The van der Waals surface area contributed by atoms with Crippen LogP contribution >= 0.6 is 11.8 Å². The summed E-state index contributed by atoms with van der Waals surface area (Å²) in [7, 11) is 1.77. The Hall–Kier alpha value is -1.00. The number of benzene rings is 1. The predicted octanol–water partition coefficient (Wildman–Crippen LogP) is 1.97. The minimum Gasteiger partial charge on any atom is -0.490 e. The molecule has 0 spiro atoms. The van der Waals surface area contributed by atoms with Crippen molar-refractivity contribution in [1.29, 1.82) is 0 Å². The van der Waals surface area contributed by atoms with Crippen molar-refractivity contribution in [3.05, 3.63) is 29.8 Å². The van der Waals surface area contributed by atoms with E-state index in [4.69, 9.17) is 4.74 Å². The molecular weight excluding hydrogens is 234 g/mol. The van der Waals surface area contributed by atoms with Crippen LogP contribution in [0.15, 0.2) is 24.3 Å². The summed E-state index contributed by atoms with van der Waals surface area (Å²) >= 11 is 1.93. The van der Waals surface area contributed by atoms with Gasteiger partial charge in [-0.2, -0.15) is 11.8 Å². The summed E-state index contributed by atoms with van der Waals surface area (Å²) in [6.45, 7) is 0.374. The molecule has 1 fully saturated rings. The van der Waals surface area contributed by atoms with E-state index >= 15 is 0 Å². The Morgan fingerprint density at radius 3 is 2.82 bits per heavy atom. The Labute approximate surface area is 106 Å². The molecule has 0 amide bonds. The molecule has 3 nitrogen and oxygen atoms in total. The topological polar surface area (TPSA) is 38.3 Å². The van der Waals surface area contributed by atoms with Crippen molar-refractivity contribution >= 4 is 17.5 Å². The highest BCUT2D eigenvalue weighted by Crippen LogP contribution is 2.23. The van der Waals surface area contributed by atoms with Crippen LogP contribution in [0.25, 0.3) is 0 Å². The molecule has 1 aromatic carbocycles. The highest BCUT2D eigenvalue weighted by atomic mass is 32.2. The van der Waals surface area contributed by atoms with Crippen LogP contribution in [0.4, 0.5) is 0 Å². The minimum absolute atomic E-state index is 0.107. The third kappa shape index (κ3) is 3.48. The average molecular weight is 251 g/mol. The molecular formula is C13H17NO2S. The van der Waals surface area contributed by atoms with Gasteiger partial charge in [0.05, 0.1) is 6.54 Å². The van der Waals surface area contributed by atoms with E-state index in [2.05, 4.69) is 5.32 Å². The first-order valence-corrected chi connectivity index (χ1v) is 6.97. The van der Waals surface area contributed by atoms with E-state index in [1.807, 2.05) is 36.0 Å². The van der Waals surface area contributed by atoms with Gasteiger partial charge < -0.3 is 10.1 Å². The molecule has 0 aliphatic carbocycles. The first kappa shape index (κ1) is 12.5. The molecule has 1 saturated heterocycles. The highest BCUT2D eigenvalue weighted by Gasteiger charge is 2.16. The van der Waals surface area contributed by atoms with Gasteiger partial charge in [-0.05, 0) is 43.5 Å². The first-order chi connectivity index (χ1) is 8.29. The average Bonchev–Trinajstić information content (AvgIpc) is 2.83. The molecule has 92 valence electrons. The minimum atomic E-state index is 0.107. The highest BCUT2D eigenvalue weighted by molar-refractivity contribution is 7.99. The standard InChI is InChI=1S/C13H17NO2S/c1-14-8-13(15)10-2-4-11(5-3-10)16-12-6-7-17-9-12/h2-5,12,14H,6-9H2,1H3. The van der Waals surface area contributed by atoms with Gasteiger partial charge in [0, 0.05) is 11.3 Å². The van der Waals surface area contributed by atoms with E-state index < -0.39 is 0 Å². The Morgan fingerprint density at radius 1 is 1.47 bits per heavy atom. The summed E-state index contributed by atoms with van der Waals surface area (Å²) in [4.78, 5) is 11.6. The van der Waals surface area contributed by atoms with E-state index in [1.165, 1.54) is 5.75 Å². The molecule has 0 bridgehead atoms. The molecule has 1 aliphatic heterocycles. The summed E-state index contributed by atoms with van der Waals surface area (Å²) in [6, 6.07) is 7.42. The van der Waals surface area contributed by atoms with Gasteiger partial charge in [0.2, 0.25) is 0 Å². The van der Waals surface area contributed by atoms with Crippen molar-refractivity contribution in [3.8, 4) is 5.75 Å². The Bertz CT molecular complexity index is 372. The zero-order valence-corrected chi connectivity index (χ0v) is 10.8. The van der Waals surface area contributed by atoms with Crippen molar-refractivity contribution in [2.24, 2.45) is 0 Å². The molecule has 0 radical (unpaired) electrons. The van der Waals surface area contributed by atoms with E-state index in [9.17, 15) is 4.79 Å². The van der Waals surface area contributed by atoms with Gasteiger partial charge in [0.25, 0.3) is 0 Å². The van der Waals surface area contributed by atoms with Crippen molar-refractivity contribution in [2.75, 3.05) is 25.1 Å². The predicted molar refractivity (Wildman–Crippen MR) is 71.1 cm³/mol. The molecule has 0 aromatic heterocycles. The van der Waals surface area contributed by atoms with E-state index in [0.717, 1.165) is 23.5 Å². The smallest absolute Gasteiger partial charge is 0.176 e. The number of rotatable bonds is 5. The molecule has 0 saturated carbocycles. The zero-order chi connectivity index (χ0) is 12.1. The monoisotopic (exact) mass is 251 g/mol. The van der Waals surface area contributed by atoms with Gasteiger partial charge in [0.15, 0.2) is 5.78 Å². The third-order valence-electron chi connectivity index (χ3n) is 2.70. The Morgan fingerprint density at radius 2 is 2.24 bits per heavy atom. The molecule has 1 N–H and O–H groups in total. The fraction of sp³-hybridized carbons (Fsp3) is 0.462. The zero-order valence-electron chi connectivity index (χ0n) is 9.94. The van der Waals surface area contributed by atoms with Crippen LogP contribution in [-0.4, -0.2) is 37.0 Å². The molecule has 1 atom stereocenters. The van der Waals surface area contributed by atoms with Crippen LogP contribution < -0.4 is 10.1 Å². The third-order valence-corrected chi connectivity index (χ3v) is 3.84. The lowest BCUT2D eigenvalue weighted by Crippen LogP contribution is -2.18. The van der Waals surface area contributed by atoms with Crippen LogP contribution in [0, 0.1) is 0 Å². The lowest BCUT2D eigenvalue weighted by Gasteiger charge is -2.12. The van der Waals surface area contributed by atoms with Gasteiger partial charge in [0.1, 0.15) is 11.9 Å². The number of hydrogen-bond acceptors (Lipinski definition) is 4. The van der Waals surface area contributed by atoms with Crippen molar-refractivity contribution in [1.82, 2.24) is 5.32 Å². The number of thioether (sulfide) groups is 1. The van der Waals surface area contributed by atoms with E-state index in [-0.39, 0.29) is 5.78 Å². The number of ether oxygens (including phenoxy) is 1. The second-order valence-corrected chi connectivity index (χ2v) is 5.23. The fourth-order valence-corrected chi connectivity index (χ4v) is 2.87. The molecule has 4 heteroatoms. The molecule has 1 unspecified atom stereocenters. The number of carbonyl (C=O) groups excluding carboxylic acids is 1. The Balaban J connectivity index is 1.94. The summed E-state index contributed by atoms with van der Waals surface area (Å²) in [6.07, 6.45) is 1.45. The van der Waals surface area contributed by atoms with Crippen molar-refractivity contribution in [3.63, 3.8) is 0 Å². The second-order valence-electron chi connectivity index (χ2n) is 4.08. The maximum Gasteiger partial charge on any atom is 0.176 e. The maximum atomic E-state index is 11.6. The molecule has 2 rings (SSSR count). The van der Waals surface area contributed by atoms with Crippen LogP contribution in [0.1, 0.15) is 16.8 Å². The second kappa shape index (κ2) is 6.07. The van der Waals surface area contributed by atoms with Gasteiger partial charge in [-0.15, -0.1) is 0 Å².